The minimum absolute atomic E-state index is 0.303. The van der Waals surface area contributed by atoms with Gasteiger partial charge in [-0.1, -0.05) is 23.4 Å². The lowest BCUT2D eigenvalue weighted by atomic mass is 10.1. The zero-order chi connectivity index (χ0) is 23.5. The Hall–Kier alpha value is -2.12. The largest absolute Gasteiger partial charge is 0.493 e. The first-order valence-corrected chi connectivity index (χ1v) is 14.4. The third-order valence-electron chi connectivity index (χ3n) is 4.80. The Labute approximate surface area is 199 Å². The van der Waals surface area contributed by atoms with E-state index in [0.29, 0.717) is 62.9 Å². The normalized spacial score (nSPS) is 12.1. The van der Waals surface area contributed by atoms with Crippen molar-refractivity contribution in [1.82, 2.24) is 14.5 Å². The SMILES string of the molecule is COc1cc(Cl)c(-c2nc(SC)nc3c2c(C#N)cn3COCCS(C)(C)C)cc1OC. The number of hydrogen-bond acceptors (Lipinski definition) is 7. The summed E-state index contributed by atoms with van der Waals surface area (Å²) < 4.78 is 18.6. The van der Waals surface area contributed by atoms with Gasteiger partial charge in [0.15, 0.2) is 16.7 Å². The van der Waals surface area contributed by atoms with Gasteiger partial charge in [0, 0.05) is 23.6 Å². The van der Waals surface area contributed by atoms with Crippen molar-refractivity contribution in [3.63, 3.8) is 0 Å². The zero-order valence-electron chi connectivity index (χ0n) is 19.1. The molecule has 0 aliphatic carbocycles. The van der Waals surface area contributed by atoms with Gasteiger partial charge in [0.1, 0.15) is 18.4 Å². The first kappa shape index (κ1) is 24.5. The summed E-state index contributed by atoms with van der Waals surface area (Å²) >= 11 is 8.02. The Balaban J connectivity index is 2.14. The summed E-state index contributed by atoms with van der Waals surface area (Å²) in [7, 11) is 2.47. The molecular formula is C22H27ClN4O3S2. The molecule has 2 heterocycles. The maximum atomic E-state index is 9.84. The molecule has 32 heavy (non-hydrogen) atoms. The number of nitrogens with zero attached hydrogens (tertiary/aromatic N) is 4. The number of hydrogen-bond donors (Lipinski definition) is 0. The van der Waals surface area contributed by atoms with E-state index in [9.17, 15) is 5.26 Å². The van der Waals surface area contributed by atoms with Gasteiger partial charge < -0.3 is 18.8 Å². The molecule has 3 aromatic rings. The van der Waals surface area contributed by atoms with Crippen molar-refractivity contribution in [3.8, 4) is 28.8 Å². The van der Waals surface area contributed by atoms with Gasteiger partial charge in [-0.15, -0.1) is 0 Å². The molecule has 0 spiro atoms. The molecule has 0 atom stereocenters. The van der Waals surface area contributed by atoms with Gasteiger partial charge in [-0.3, -0.25) is 0 Å². The van der Waals surface area contributed by atoms with E-state index in [1.807, 2.05) is 10.8 Å². The third-order valence-corrected chi connectivity index (χ3v) is 7.05. The number of rotatable bonds is 9. The van der Waals surface area contributed by atoms with Gasteiger partial charge in [0.05, 0.1) is 42.5 Å². The fourth-order valence-corrected chi connectivity index (χ4v) is 4.36. The van der Waals surface area contributed by atoms with Gasteiger partial charge in [-0.2, -0.15) is 5.26 Å². The summed E-state index contributed by atoms with van der Waals surface area (Å²) in [6, 6.07) is 5.72. The predicted molar refractivity (Wildman–Crippen MR) is 134 cm³/mol. The van der Waals surface area contributed by atoms with Crippen LogP contribution in [0.3, 0.4) is 0 Å². The number of nitriles is 1. The number of ether oxygens (including phenoxy) is 3. The maximum Gasteiger partial charge on any atom is 0.189 e. The van der Waals surface area contributed by atoms with Crippen LogP contribution in [0.15, 0.2) is 23.5 Å². The van der Waals surface area contributed by atoms with Crippen LogP contribution in [0.25, 0.3) is 22.3 Å². The summed E-state index contributed by atoms with van der Waals surface area (Å²) in [6.45, 7) is 0.951. The average molecular weight is 495 g/mol. The predicted octanol–water partition coefficient (Wildman–Crippen LogP) is 5.03. The lowest BCUT2D eigenvalue weighted by Gasteiger charge is -2.24. The van der Waals surface area contributed by atoms with Crippen LogP contribution < -0.4 is 9.47 Å². The summed E-state index contributed by atoms with van der Waals surface area (Å²) in [6.07, 6.45) is 10.4. The molecular weight excluding hydrogens is 468 g/mol. The van der Waals surface area contributed by atoms with Gasteiger partial charge in [-0.25, -0.2) is 20.0 Å². The van der Waals surface area contributed by atoms with Crippen LogP contribution in [-0.2, 0) is 11.5 Å². The Bertz CT molecular complexity index is 1170. The van der Waals surface area contributed by atoms with Crippen molar-refractivity contribution >= 4 is 44.4 Å². The summed E-state index contributed by atoms with van der Waals surface area (Å²) in [5, 5.41) is 11.5. The van der Waals surface area contributed by atoms with Crippen LogP contribution in [0, 0.1) is 11.3 Å². The number of methoxy groups -OCH3 is 2. The topological polar surface area (TPSA) is 82.2 Å². The quantitative estimate of drug-likeness (QED) is 0.234. The van der Waals surface area contributed by atoms with Gasteiger partial charge in [-0.05, 0) is 31.1 Å². The van der Waals surface area contributed by atoms with Gasteiger partial charge in [0.2, 0.25) is 0 Å². The molecule has 1 aromatic carbocycles. The molecule has 0 unspecified atom stereocenters. The van der Waals surface area contributed by atoms with Crippen LogP contribution in [0.4, 0.5) is 0 Å². The molecule has 0 bridgehead atoms. The zero-order valence-corrected chi connectivity index (χ0v) is 21.5. The van der Waals surface area contributed by atoms with Crippen molar-refractivity contribution in [2.75, 3.05) is 51.6 Å². The molecule has 0 N–H and O–H groups in total. The number of aromatic nitrogens is 3. The van der Waals surface area contributed by atoms with E-state index in [1.165, 1.54) is 11.8 Å². The molecule has 10 heteroatoms. The smallest absolute Gasteiger partial charge is 0.189 e. The van der Waals surface area contributed by atoms with Crippen LogP contribution in [0.5, 0.6) is 11.5 Å². The first-order valence-electron chi connectivity index (χ1n) is 9.73. The summed E-state index contributed by atoms with van der Waals surface area (Å²) in [5.41, 5.74) is 2.29. The highest BCUT2D eigenvalue weighted by molar-refractivity contribution is 8.32. The Kier molecular flexibility index (Phi) is 7.83. The Morgan fingerprint density at radius 1 is 1.16 bits per heavy atom. The molecule has 0 aliphatic heterocycles. The molecule has 0 saturated heterocycles. The van der Waals surface area contributed by atoms with E-state index in [4.69, 9.17) is 30.8 Å². The first-order chi connectivity index (χ1) is 15.2. The van der Waals surface area contributed by atoms with E-state index >= 15 is 0 Å². The molecule has 0 radical (unpaired) electrons. The van der Waals surface area contributed by atoms with Crippen molar-refractivity contribution in [2.24, 2.45) is 0 Å². The Morgan fingerprint density at radius 3 is 2.44 bits per heavy atom. The lowest BCUT2D eigenvalue weighted by Crippen LogP contribution is -2.10. The minimum atomic E-state index is -0.643. The molecule has 0 aliphatic rings. The van der Waals surface area contributed by atoms with E-state index in [1.54, 1.807) is 32.5 Å². The van der Waals surface area contributed by atoms with E-state index < -0.39 is 10.0 Å². The van der Waals surface area contributed by atoms with Crippen LogP contribution in [0.1, 0.15) is 5.56 Å². The third kappa shape index (κ3) is 5.26. The number of benzene rings is 1. The highest BCUT2D eigenvalue weighted by Crippen LogP contribution is 2.41. The second-order valence-corrected chi connectivity index (χ2v) is 13.7. The minimum Gasteiger partial charge on any atom is -0.493 e. The highest BCUT2D eigenvalue weighted by atomic mass is 35.5. The van der Waals surface area contributed by atoms with Gasteiger partial charge >= 0.3 is 0 Å². The van der Waals surface area contributed by atoms with Crippen molar-refractivity contribution in [1.29, 1.82) is 5.26 Å². The van der Waals surface area contributed by atoms with Crippen LogP contribution in [-0.4, -0.2) is 66.1 Å². The van der Waals surface area contributed by atoms with E-state index in [0.717, 1.165) is 5.75 Å². The number of halogens is 1. The van der Waals surface area contributed by atoms with Crippen molar-refractivity contribution < 1.29 is 14.2 Å². The van der Waals surface area contributed by atoms with Crippen LogP contribution in [0.2, 0.25) is 5.02 Å². The van der Waals surface area contributed by atoms with E-state index in [2.05, 4.69) is 29.8 Å². The highest BCUT2D eigenvalue weighted by Gasteiger charge is 2.22. The molecule has 0 amide bonds. The number of thioether (sulfide) groups is 1. The second-order valence-electron chi connectivity index (χ2n) is 7.90. The fourth-order valence-electron chi connectivity index (χ4n) is 3.14. The Morgan fingerprint density at radius 2 is 1.84 bits per heavy atom. The second kappa shape index (κ2) is 10.2. The monoisotopic (exact) mass is 494 g/mol. The van der Waals surface area contributed by atoms with Crippen molar-refractivity contribution in [2.45, 2.75) is 11.9 Å². The molecule has 7 nitrogen and oxygen atoms in total. The molecule has 0 saturated carbocycles. The maximum absolute atomic E-state index is 9.84. The molecule has 3 rings (SSSR count). The standard InChI is InChI=1S/C22H27ClN4O3S2/c1-28-17-9-15(16(23)10-18(17)29-2)20-19-14(11-24)12-27(13-30-7-8-32(4,5)6)21(19)26-22(25-20)31-3/h9-10,12H,7-8,13H2,1-6H3. The average Bonchev–Trinajstić information content (AvgIpc) is 3.12. The van der Waals surface area contributed by atoms with Gasteiger partial charge in [0.25, 0.3) is 0 Å². The fraction of sp³-hybridized carbons (Fsp3) is 0.409. The molecule has 2 aromatic heterocycles. The molecule has 0 fully saturated rings. The van der Waals surface area contributed by atoms with E-state index in [-0.39, 0.29) is 0 Å². The van der Waals surface area contributed by atoms with Crippen molar-refractivity contribution in [3.05, 3.63) is 28.9 Å². The molecule has 172 valence electrons. The summed E-state index contributed by atoms with van der Waals surface area (Å²) in [5.74, 6) is 2.05. The lowest BCUT2D eigenvalue weighted by molar-refractivity contribution is 0.0923. The van der Waals surface area contributed by atoms with Crippen LogP contribution >= 0.6 is 33.4 Å². The number of fused-ring (bicyclic) bond motifs is 1. The summed E-state index contributed by atoms with van der Waals surface area (Å²) in [4.78, 5) is 9.37.